The second-order valence-electron chi connectivity index (χ2n) is 2.48. The van der Waals surface area contributed by atoms with E-state index < -0.39 is 0 Å². The van der Waals surface area contributed by atoms with Crippen LogP contribution in [0.2, 0.25) is 9.70 Å². The molecule has 0 aromatic carbocycles. The zero-order valence-corrected chi connectivity index (χ0v) is 8.26. The van der Waals surface area contributed by atoms with E-state index in [1.54, 1.807) is 0 Å². The number of carbonyl (C=O) groups is 1. The summed E-state index contributed by atoms with van der Waals surface area (Å²) in [4.78, 5) is 9.28. The number of rotatable bonds is 2. The first-order chi connectivity index (χ1) is 6.45. The van der Waals surface area contributed by atoms with Crippen LogP contribution in [0.1, 0.15) is 0 Å². The minimum Gasteiger partial charge on any atom is -0.307 e. The minimum atomic E-state index is 0.642. The molecule has 0 radical (unpaired) electrons. The van der Waals surface area contributed by atoms with Crippen molar-refractivity contribution < 1.29 is 19.5 Å². The summed E-state index contributed by atoms with van der Waals surface area (Å²) in [5, 5.41) is 0. The van der Waals surface area contributed by atoms with Crippen molar-refractivity contribution in [3.8, 4) is 0 Å². The fraction of sp³-hybridized carbons (Fsp3) is 0.182. The summed E-state index contributed by atoms with van der Waals surface area (Å²) in [6.07, 6.45) is 17.5. The number of hydrogen-bond acceptors (Lipinski definition) is 1. The van der Waals surface area contributed by atoms with E-state index in [1.807, 2.05) is 6.79 Å². The second-order valence-corrected chi connectivity index (χ2v) is 4.22. The third kappa shape index (κ3) is 3.17. The quantitative estimate of drug-likeness (QED) is 0.697. The molecule has 1 nitrogen and oxygen atoms in total. The molecule has 0 spiro atoms. The molecule has 0 aromatic rings. The van der Waals surface area contributed by atoms with Crippen molar-refractivity contribution in [1.29, 1.82) is 0 Å². The predicted molar refractivity (Wildman–Crippen MR) is 51.2 cm³/mol. The Kier molecular flexibility index (Phi) is 4.50. The van der Waals surface area contributed by atoms with Gasteiger partial charge in [0, 0.05) is 0 Å². The molecule has 2 rings (SSSR count). The molecule has 0 saturated carbocycles. The average Bonchev–Trinajstić information content (AvgIpc) is 2.81. The molecule has 71 valence electrons. The van der Waals surface area contributed by atoms with Crippen LogP contribution in [0.5, 0.6) is 0 Å². The molecule has 0 heterocycles. The van der Waals surface area contributed by atoms with Gasteiger partial charge in [0.25, 0.3) is 0 Å². The average molecular weight is 219 g/mol. The topological polar surface area (TPSA) is 17.1 Å². The van der Waals surface area contributed by atoms with Crippen LogP contribution in [0.3, 0.4) is 0 Å². The van der Waals surface area contributed by atoms with Crippen molar-refractivity contribution in [3.05, 3.63) is 48.6 Å². The molecular formula is C11H12CoO. The van der Waals surface area contributed by atoms with E-state index in [0.717, 1.165) is 0 Å². The third-order valence-corrected chi connectivity index (χ3v) is 3.23. The first-order valence-corrected chi connectivity index (χ1v) is 5.21. The summed E-state index contributed by atoms with van der Waals surface area (Å²) in [6.45, 7) is 2.00. The molecule has 0 unspecified atom stereocenters. The van der Waals surface area contributed by atoms with Gasteiger partial charge in [0.15, 0.2) is 0 Å². The molecule has 0 saturated heterocycles. The van der Waals surface area contributed by atoms with Crippen LogP contribution in [0, 0.1) is 0 Å². The van der Waals surface area contributed by atoms with Crippen molar-refractivity contribution in [2.75, 3.05) is 0 Å². The maximum absolute atomic E-state index is 8.00. The van der Waals surface area contributed by atoms with Gasteiger partial charge in [-0.05, 0) is 0 Å². The van der Waals surface area contributed by atoms with E-state index >= 15 is 0 Å². The van der Waals surface area contributed by atoms with Crippen LogP contribution in [0.25, 0.3) is 0 Å². The van der Waals surface area contributed by atoms with Crippen LogP contribution >= 0.6 is 0 Å². The SMILES string of the molecule is C1=C[CH]([Co][CH]2C=CC=C2)C=C1.C=O. The molecule has 13 heavy (non-hydrogen) atoms. The Morgan fingerprint density at radius 2 is 1.08 bits per heavy atom. The maximum Gasteiger partial charge on any atom is 0.106 e. The standard InChI is InChI=1S/2C5H5.CH2O.Co/c2*1-2-4-5-3-1;1-2;/h2*1-5H;1H2;. The van der Waals surface area contributed by atoms with Gasteiger partial charge in [0.2, 0.25) is 0 Å². The molecule has 0 fully saturated rings. The van der Waals surface area contributed by atoms with Crippen molar-refractivity contribution >= 4 is 6.79 Å². The van der Waals surface area contributed by atoms with Gasteiger partial charge < -0.3 is 4.79 Å². The molecule has 2 aliphatic rings. The maximum atomic E-state index is 8.00. The third-order valence-electron chi connectivity index (χ3n) is 1.62. The molecule has 2 aliphatic carbocycles. The first kappa shape index (κ1) is 10.2. The fourth-order valence-corrected chi connectivity index (χ4v) is 2.47. The first-order valence-electron chi connectivity index (χ1n) is 4.01. The summed E-state index contributed by atoms with van der Waals surface area (Å²) in [6, 6.07) is 0. The number of carbonyl (C=O) groups excluding carboxylic acids is 1. The summed E-state index contributed by atoms with van der Waals surface area (Å²) in [5.74, 6) is 0. The second kappa shape index (κ2) is 5.73. The Labute approximate surface area is 84.9 Å². The van der Waals surface area contributed by atoms with Gasteiger partial charge >= 0.3 is 73.0 Å². The van der Waals surface area contributed by atoms with Crippen LogP contribution in [0.4, 0.5) is 0 Å². The molecule has 2 heteroatoms. The Balaban J connectivity index is 0.000000396. The summed E-state index contributed by atoms with van der Waals surface area (Å²) < 4.78 is 0. The van der Waals surface area contributed by atoms with Crippen LogP contribution in [-0.4, -0.2) is 6.79 Å². The molecular weight excluding hydrogens is 207 g/mol. The van der Waals surface area contributed by atoms with Gasteiger partial charge in [-0.15, -0.1) is 0 Å². The van der Waals surface area contributed by atoms with Gasteiger partial charge in [-0.3, -0.25) is 0 Å². The van der Waals surface area contributed by atoms with E-state index in [1.165, 1.54) is 14.7 Å². The summed E-state index contributed by atoms with van der Waals surface area (Å²) >= 11 is 1.51. The molecule has 0 N–H and O–H groups in total. The van der Waals surface area contributed by atoms with E-state index in [2.05, 4.69) is 48.6 Å². The van der Waals surface area contributed by atoms with E-state index in [4.69, 9.17) is 4.79 Å². The minimum absolute atomic E-state index is 0.642. The van der Waals surface area contributed by atoms with Gasteiger partial charge in [0.1, 0.15) is 6.79 Å². The van der Waals surface area contributed by atoms with Crippen LogP contribution < -0.4 is 0 Å². The summed E-state index contributed by atoms with van der Waals surface area (Å²) in [5.41, 5.74) is 0. The van der Waals surface area contributed by atoms with E-state index in [-0.39, 0.29) is 0 Å². The molecule has 0 aromatic heterocycles. The Morgan fingerprint density at radius 1 is 0.769 bits per heavy atom. The Morgan fingerprint density at radius 3 is 1.38 bits per heavy atom. The zero-order chi connectivity index (χ0) is 9.52. The van der Waals surface area contributed by atoms with Crippen LogP contribution in [0.15, 0.2) is 48.6 Å². The molecule has 0 amide bonds. The molecule has 0 bridgehead atoms. The van der Waals surface area contributed by atoms with Gasteiger partial charge in [0.05, 0.1) is 0 Å². The zero-order valence-electron chi connectivity index (χ0n) is 7.22. The van der Waals surface area contributed by atoms with Crippen molar-refractivity contribution in [2.24, 2.45) is 0 Å². The monoisotopic (exact) mass is 219 g/mol. The van der Waals surface area contributed by atoms with E-state index in [9.17, 15) is 0 Å². The van der Waals surface area contributed by atoms with Crippen molar-refractivity contribution in [3.63, 3.8) is 0 Å². The number of allylic oxidation sites excluding steroid dienone is 8. The van der Waals surface area contributed by atoms with Gasteiger partial charge in [-0.2, -0.15) is 0 Å². The van der Waals surface area contributed by atoms with Crippen molar-refractivity contribution in [2.45, 2.75) is 9.70 Å². The van der Waals surface area contributed by atoms with Crippen LogP contribution in [-0.2, 0) is 19.5 Å². The Hall–Kier alpha value is -0.864. The molecule has 0 aliphatic heterocycles. The fourth-order valence-electron chi connectivity index (χ4n) is 1.09. The van der Waals surface area contributed by atoms with E-state index in [0.29, 0.717) is 9.70 Å². The van der Waals surface area contributed by atoms with Crippen molar-refractivity contribution in [1.82, 2.24) is 0 Å². The molecule has 0 atom stereocenters. The van der Waals surface area contributed by atoms with Gasteiger partial charge in [-0.25, -0.2) is 0 Å². The smallest absolute Gasteiger partial charge is 0.106 e. The summed E-state index contributed by atoms with van der Waals surface area (Å²) in [7, 11) is 0. The largest absolute Gasteiger partial charge is 0.307 e. The predicted octanol–water partition coefficient (Wildman–Crippen LogP) is 2.71. The normalized spacial score (nSPS) is 19.7. The number of hydrogen-bond donors (Lipinski definition) is 0. The van der Waals surface area contributed by atoms with Gasteiger partial charge in [-0.1, -0.05) is 0 Å². The Bertz CT molecular complexity index is 213.